The summed E-state index contributed by atoms with van der Waals surface area (Å²) in [5, 5.41) is 8.66. The molecule has 0 unspecified atom stereocenters. The molecular weight excluding hydrogens is 227 g/mol. The first-order valence-electron chi connectivity index (χ1n) is 4.94. The smallest absolute Gasteiger partial charge is 0.317 e. The third-order valence-electron chi connectivity index (χ3n) is 2.03. The zero-order valence-corrected chi connectivity index (χ0v) is 9.10. The second-order valence-corrected chi connectivity index (χ2v) is 3.64. The minimum absolute atomic E-state index is 0.160. The summed E-state index contributed by atoms with van der Waals surface area (Å²) >= 11 is 0. The average molecular weight is 240 g/mol. The van der Waals surface area contributed by atoms with Gasteiger partial charge in [-0.3, -0.25) is 14.5 Å². The van der Waals surface area contributed by atoms with E-state index in [4.69, 9.17) is 10.8 Å². The van der Waals surface area contributed by atoms with E-state index in [2.05, 4.69) is 0 Å². The number of carboxylic acids is 1. The number of nitrogens with zero attached hydrogens (tertiary/aromatic N) is 1. The summed E-state index contributed by atoms with van der Waals surface area (Å²) in [6.45, 7) is -0.338. The van der Waals surface area contributed by atoms with Crippen molar-refractivity contribution >= 4 is 11.9 Å². The number of primary amides is 1. The van der Waals surface area contributed by atoms with Crippen molar-refractivity contribution in [3.63, 3.8) is 0 Å². The molecule has 0 heterocycles. The van der Waals surface area contributed by atoms with Crippen LogP contribution < -0.4 is 5.73 Å². The molecule has 1 rings (SSSR count). The number of carbonyl (C=O) groups excluding carboxylic acids is 1. The Hall–Kier alpha value is -1.95. The van der Waals surface area contributed by atoms with Gasteiger partial charge in [0.2, 0.25) is 5.91 Å². The molecule has 0 fully saturated rings. The number of carbonyl (C=O) groups is 2. The highest BCUT2D eigenvalue weighted by atomic mass is 19.1. The summed E-state index contributed by atoms with van der Waals surface area (Å²) in [7, 11) is 0. The molecule has 0 atom stereocenters. The number of benzene rings is 1. The molecule has 3 N–H and O–H groups in total. The molecule has 92 valence electrons. The van der Waals surface area contributed by atoms with E-state index >= 15 is 0 Å². The number of carboxylic acid groups (broad SMARTS) is 1. The van der Waals surface area contributed by atoms with Crippen molar-refractivity contribution in [1.29, 1.82) is 0 Å². The van der Waals surface area contributed by atoms with Gasteiger partial charge in [-0.05, 0) is 17.7 Å². The molecule has 0 aliphatic rings. The van der Waals surface area contributed by atoms with Gasteiger partial charge in [0.05, 0.1) is 13.1 Å². The monoisotopic (exact) mass is 240 g/mol. The topological polar surface area (TPSA) is 83.6 Å². The summed E-state index contributed by atoms with van der Waals surface area (Å²) < 4.78 is 12.9. The highest BCUT2D eigenvalue weighted by molar-refractivity contribution is 5.77. The van der Waals surface area contributed by atoms with Crippen LogP contribution in [-0.2, 0) is 16.1 Å². The van der Waals surface area contributed by atoms with Crippen molar-refractivity contribution in [2.24, 2.45) is 5.73 Å². The summed E-state index contributed by atoms with van der Waals surface area (Å²) in [4.78, 5) is 22.7. The average Bonchev–Trinajstić information content (AvgIpc) is 2.14. The number of nitrogens with two attached hydrogens (primary N) is 1. The lowest BCUT2D eigenvalue weighted by atomic mass is 10.2. The molecule has 1 aromatic carbocycles. The van der Waals surface area contributed by atoms with Crippen LogP contribution in [0.1, 0.15) is 5.56 Å². The van der Waals surface area contributed by atoms with Crippen LogP contribution in [-0.4, -0.2) is 35.0 Å². The van der Waals surface area contributed by atoms with Gasteiger partial charge in [0.1, 0.15) is 5.82 Å². The van der Waals surface area contributed by atoms with E-state index in [1.807, 2.05) is 0 Å². The van der Waals surface area contributed by atoms with E-state index in [-0.39, 0.29) is 19.6 Å². The fourth-order valence-electron chi connectivity index (χ4n) is 1.47. The van der Waals surface area contributed by atoms with Crippen molar-refractivity contribution in [1.82, 2.24) is 4.90 Å². The van der Waals surface area contributed by atoms with Crippen LogP contribution in [0, 0.1) is 5.82 Å². The maximum Gasteiger partial charge on any atom is 0.317 e. The van der Waals surface area contributed by atoms with Gasteiger partial charge < -0.3 is 10.8 Å². The molecule has 0 saturated carbocycles. The predicted octanol–water partition coefficient (Wildman–Crippen LogP) is 0.198. The maximum atomic E-state index is 12.9. The molecule has 5 nitrogen and oxygen atoms in total. The van der Waals surface area contributed by atoms with Gasteiger partial charge in [-0.1, -0.05) is 12.1 Å². The number of halogens is 1. The number of amides is 1. The lowest BCUT2D eigenvalue weighted by Gasteiger charge is -2.18. The molecule has 0 radical (unpaired) electrons. The van der Waals surface area contributed by atoms with Crippen molar-refractivity contribution in [3.05, 3.63) is 35.6 Å². The van der Waals surface area contributed by atoms with E-state index in [1.54, 1.807) is 6.07 Å². The Morgan fingerprint density at radius 1 is 1.35 bits per heavy atom. The molecule has 17 heavy (non-hydrogen) atoms. The van der Waals surface area contributed by atoms with Crippen LogP contribution in [0.4, 0.5) is 4.39 Å². The summed E-state index contributed by atoms with van der Waals surface area (Å²) in [6.07, 6.45) is 0. The third-order valence-corrected chi connectivity index (χ3v) is 2.03. The van der Waals surface area contributed by atoms with Crippen molar-refractivity contribution in [2.75, 3.05) is 13.1 Å². The quantitative estimate of drug-likeness (QED) is 0.743. The summed E-state index contributed by atoms with van der Waals surface area (Å²) in [5.74, 6) is -2.10. The van der Waals surface area contributed by atoms with Gasteiger partial charge in [-0.15, -0.1) is 0 Å². The maximum absolute atomic E-state index is 12.9. The van der Waals surface area contributed by atoms with Crippen molar-refractivity contribution < 1.29 is 19.1 Å². The molecular formula is C11H13FN2O3. The van der Waals surface area contributed by atoms with Crippen LogP contribution in [0.5, 0.6) is 0 Å². The van der Waals surface area contributed by atoms with E-state index in [9.17, 15) is 14.0 Å². The number of rotatable bonds is 6. The van der Waals surface area contributed by atoms with Gasteiger partial charge in [0, 0.05) is 6.54 Å². The molecule has 6 heteroatoms. The highest BCUT2D eigenvalue weighted by Gasteiger charge is 2.12. The first kappa shape index (κ1) is 13.1. The molecule has 0 saturated heterocycles. The van der Waals surface area contributed by atoms with Crippen LogP contribution in [0.25, 0.3) is 0 Å². The molecule has 0 spiro atoms. The second kappa shape index (κ2) is 5.95. The molecule has 0 aliphatic heterocycles. The molecule has 0 aliphatic carbocycles. The van der Waals surface area contributed by atoms with Gasteiger partial charge in [-0.2, -0.15) is 0 Å². The molecule has 1 aromatic rings. The van der Waals surface area contributed by atoms with E-state index in [1.165, 1.54) is 23.1 Å². The van der Waals surface area contributed by atoms with Crippen LogP contribution in [0.2, 0.25) is 0 Å². The highest BCUT2D eigenvalue weighted by Crippen LogP contribution is 2.07. The summed E-state index contributed by atoms with van der Waals surface area (Å²) in [6, 6.07) is 5.75. The second-order valence-electron chi connectivity index (χ2n) is 3.64. The molecule has 0 aromatic heterocycles. The first-order chi connectivity index (χ1) is 7.97. The zero-order chi connectivity index (χ0) is 12.8. The largest absolute Gasteiger partial charge is 0.480 e. The first-order valence-corrected chi connectivity index (χ1v) is 4.94. The van der Waals surface area contributed by atoms with Crippen LogP contribution >= 0.6 is 0 Å². The third kappa shape index (κ3) is 5.07. The predicted molar refractivity (Wildman–Crippen MR) is 58.5 cm³/mol. The minimum Gasteiger partial charge on any atom is -0.480 e. The fraction of sp³-hybridized carbons (Fsp3) is 0.273. The summed E-state index contributed by atoms with van der Waals surface area (Å²) in [5.41, 5.74) is 5.60. The lowest BCUT2D eigenvalue weighted by Crippen LogP contribution is -2.36. The standard InChI is InChI=1S/C11H13FN2O3/c12-9-3-1-2-8(4-9)5-14(6-10(13)15)7-11(16)17/h1-4H,5-7H2,(H2,13,15)(H,16,17). The minimum atomic E-state index is -1.07. The molecule has 1 amide bonds. The van der Waals surface area contributed by atoms with Gasteiger partial charge in [-0.25, -0.2) is 4.39 Å². The molecule has 0 bridgehead atoms. The van der Waals surface area contributed by atoms with Crippen LogP contribution in [0.15, 0.2) is 24.3 Å². The normalized spacial score (nSPS) is 10.5. The number of aliphatic carboxylic acids is 1. The Balaban J connectivity index is 2.71. The zero-order valence-electron chi connectivity index (χ0n) is 9.10. The van der Waals surface area contributed by atoms with E-state index in [0.717, 1.165) is 0 Å². The Kier molecular flexibility index (Phi) is 4.59. The Morgan fingerprint density at radius 2 is 2.06 bits per heavy atom. The van der Waals surface area contributed by atoms with Crippen molar-refractivity contribution in [2.45, 2.75) is 6.54 Å². The van der Waals surface area contributed by atoms with Gasteiger partial charge in [0.25, 0.3) is 0 Å². The SMILES string of the molecule is NC(=O)CN(CC(=O)O)Cc1cccc(F)c1. The van der Waals surface area contributed by atoms with Gasteiger partial charge in [0.15, 0.2) is 0 Å². The van der Waals surface area contributed by atoms with Crippen LogP contribution in [0.3, 0.4) is 0 Å². The van der Waals surface area contributed by atoms with Gasteiger partial charge >= 0.3 is 5.97 Å². The number of hydrogen-bond acceptors (Lipinski definition) is 3. The number of hydrogen-bond donors (Lipinski definition) is 2. The Bertz CT molecular complexity index is 407. The lowest BCUT2D eigenvalue weighted by molar-refractivity contribution is -0.138. The van der Waals surface area contributed by atoms with E-state index < -0.39 is 17.7 Å². The Labute approximate surface area is 97.6 Å². The fourth-order valence-corrected chi connectivity index (χ4v) is 1.47. The Morgan fingerprint density at radius 3 is 2.59 bits per heavy atom. The van der Waals surface area contributed by atoms with E-state index in [0.29, 0.717) is 5.56 Å². The van der Waals surface area contributed by atoms with Crippen molar-refractivity contribution in [3.8, 4) is 0 Å².